The van der Waals surface area contributed by atoms with Crippen molar-refractivity contribution in [3.63, 3.8) is 0 Å². The van der Waals surface area contributed by atoms with Crippen molar-refractivity contribution in [2.45, 2.75) is 31.8 Å². The molecule has 0 atom stereocenters. The van der Waals surface area contributed by atoms with E-state index in [4.69, 9.17) is 5.11 Å². The van der Waals surface area contributed by atoms with Crippen LogP contribution in [0.15, 0.2) is 18.2 Å². The lowest BCUT2D eigenvalue weighted by Crippen LogP contribution is -2.51. The molecule has 0 saturated heterocycles. The molecule has 0 spiro atoms. The third-order valence-corrected chi connectivity index (χ3v) is 3.90. The first kappa shape index (κ1) is 16.2. The van der Waals surface area contributed by atoms with Gasteiger partial charge >= 0.3 is 5.97 Å². The van der Waals surface area contributed by atoms with Crippen LogP contribution in [0.3, 0.4) is 0 Å². The van der Waals surface area contributed by atoms with Crippen molar-refractivity contribution in [2.24, 2.45) is 0 Å². The summed E-state index contributed by atoms with van der Waals surface area (Å²) in [5.74, 6) is -1.52. The summed E-state index contributed by atoms with van der Waals surface area (Å²) in [6.07, 6.45) is 1.44. The summed E-state index contributed by atoms with van der Waals surface area (Å²) < 4.78 is 13.8. The van der Waals surface area contributed by atoms with Crippen molar-refractivity contribution in [2.75, 3.05) is 18.4 Å². The molecule has 0 unspecified atom stereocenters. The first-order valence-corrected chi connectivity index (χ1v) is 7.07. The van der Waals surface area contributed by atoms with Crippen molar-refractivity contribution in [3.05, 3.63) is 34.1 Å². The van der Waals surface area contributed by atoms with Gasteiger partial charge in [-0.05, 0) is 25.5 Å². The number of carbonyl (C=O) groups is 1. The molecule has 8 heteroatoms. The van der Waals surface area contributed by atoms with Gasteiger partial charge in [-0.1, -0.05) is 6.92 Å². The van der Waals surface area contributed by atoms with Gasteiger partial charge in [0.25, 0.3) is 5.69 Å². The number of carboxylic acids is 1. The van der Waals surface area contributed by atoms with Gasteiger partial charge in [-0.25, -0.2) is 4.39 Å². The van der Waals surface area contributed by atoms with Crippen LogP contribution in [0.1, 0.15) is 19.8 Å². The Morgan fingerprint density at radius 1 is 1.55 bits per heavy atom. The van der Waals surface area contributed by atoms with Gasteiger partial charge in [0, 0.05) is 18.2 Å². The van der Waals surface area contributed by atoms with Gasteiger partial charge in [-0.2, -0.15) is 0 Å². The number of nitrogens with one attached hydrogen (secondary N) is 1. The van der Waals surface area contributed by atoms with Crippen molar-refractivity contribution in [1.82, 2.24) is 4.90 Å². The minimum Gasteiger partial charge on any atom is -0.480 e. The maximum absolute atomic E-state index is 13.8. The standard InChI is InChI=1S/C14H18FN3O4/c1-2-17(8-14(19)20)11-5-9(6-11)16-13-4-3-10(18(21)22)7-12(13)15/h3-4,7,9,11,16H,2,5-6,8H2,1H3,(H,19,20). The predicted octanol–water partition coefficient (Wildman–Crippen LogP) is 2.08. The normalized spacial score (nSPS) is 20.5. The second-order valence-corrected chi connectivity index (χ2v) is 5.34. The molecule has 1 aliphatic carbocycles. The molecule has 22 heavy (non-hydrogen) atoms. The number of rotatable bonds is 7. The first-order chi connectivity index (χ1) is 10.4. The Hall–Kier alpha value is -2.22. The molecule has 0 radical (unpaired) electrons. The van der Waals surface area contributed by atoms with Crippen LogP contribution >= 0.6 is 0 Å². The summed E-state index contributed by atoms with van der Waals surface area (Å²) in [5.41, 5.74) is -0.0523. The van der Waals surface area contributed by atoms with Crippen molar-refractivity contribution in [1.29, 1.82) is 0 Å². The minimum absolute atomic E-state index is 0.000219. The van der Waals surface area contributed by atoms with E-state index in [0.29, 0.717) is 6.54 Å². The van der Waals surface area contributed by atoms with Crippen LogP contribution in [-0.4, -0.2) is 46.1 Å². The molecular formula is C14H18FN3O4. The van der Waals surface area contributed by atoms with Gasteiger partial charge < -0.3 is 10.4 Å². The van der Waals surface area contributed by atoms with Crippen LogP contribution in [0, 0.1) is 15.9 Å². The Morgan fingerprint density at radius 3 is 2.73 bits per heavy atom. The molecule has 7 nitrogen and oxygen atoms in total. The van der Waals surface area contributed by atoms with Crippen molar-refractivity contribution in [3.8, 4) is 0 Å². The van der Waals surface area contributed by atoms with Gasteiger partial charge in [0.05, 0.1) is 23.2 Å². The first-order valence-electron chi connectivity index (χ1n) is 7.07. The molecule has 0 bridgehead atoms. The number of carboxylic acid groups (broad SMARTS) is 1. The van der Waals surface area contributed by atoms with E-state index in [1.807, 2.05) is 11.8 Å². The van der Waals surface area contributed by atoms with Crippen molar-refractivity contribution >= 4 is 17.3 Å². The number of likely N-dealkylation sites (N-methyl/N-ethyl adjacent to an activating group) is 1. The largest absolute Gasteiger partial charge is 0.480 e. The van der Waals surface area contributed by atoms with Gasteiger partial charge in [-0.3, -0.25) is 19.8 Å². The van der Waals surface area contributed by atoms with Crippen LogP contribution in [0.2, 0.25) is 0 Å². The third kappa shape index (κ3) is 3.70. The average Bonchev–Trinajstić information content (AvgIpc) is 2.41. The molecule has 0 aromatic heterocycles. The van der Waals surface area contributed by atoms with Gasteiger partial charge in [0.15, 0.2) is 5.82 Å². The zero-order valence-electron chi connectivity index (χ0n) is 12.2. The molecule has 2 rings (SSSR count). The molecule has 1 aromatic carbocycles. The summed E-state index contributed by atoms with van der Waals surface area (Å²) in [4.78, 5) is 22.5. The highest BCUT2D eigenvalue weighted by atomic mass is 19.1. The lowest BCUT2D eigenvalue weighted by Gasteiger charge is -2.42. The molecule has 0 aliphatic heterocycles. The molecule has 0 amide bonds. The molecule has 1 fully saturated rings. The molecule has 1 saturated carbocycles. The van der Waals surface area contributed by atoms with E-state index < -0.39 is 16.7 Å². The van der Waals surface area contributed by atoms with E-state index in [1.165, 1.54) is 12.1 Å². The molecule has 120 valence electrons. The van der Waals surface area contributed by atoms with Crippen LogP contribution in [-0.2, 0) is 4.79 Å². The maximum atomic E-state index is 13.8. The van der Waals surface area contributed by atoms with Crippen LogP contribution in [0.4, 0.5) is 15.8 Å². The highest BCUT2D eigenvalue weighted by molar-refractivity contribution is 5.69. The number of aliphatic carboxylic acids is 1. The lowest BCUT2D eigenvalue weighted by atomic mass is 9.85. The zero-order valence-corrected chi connectivity index (χ0v) is 12.2. The molecule has 1 aromatic rings. The Balaban J connectivity index is 1.90. The SMILES string of the molecule is CCN(CC(=O)O)C1CC(Nc2ccc([N+](=O)[O-])cc2F)C1. The van der Waals surface area contributed by atoms with E-state index in [0.717, 1.165) is 18.9 Å². The fraction of sp³-hybridized carbons (Fsp3) is 0.500. The average molecular weight is 311 g/mol. The van der Waals surface area contributed by atoms with E-state index >= 15 is 0 Å². The van der Waals surface area contributed by atoms with Crippen LogP contribution in [0.25, 0.3) is 0 Å². The van der Waals surface area contributed by atoms with E-state index in [2.05, 4.69) is 5.32 Å². The zero-order chi connectivity index (χ0) is 16.3. The number of benzene rings is 1. The van der Waals surface area contributed by atoms with Gasteiger partial charge in [0.1, 0.15) is 0 Å². The summed E-state index contributed by atoms with van der Waals surface area (Å²) in [7, 11) is 0. The monoisotopic (exact) mass is 311 g/mol. The second kappa shape index (κ2) is 6.69. The number of halogens is 1. The Labute approximate surface area is 126 Å². The predicted molar refractivity (Wildman–Crippen MR) is 78.4 cm³/mol. The number of hydrogen-bond acceptors (Lipinski definition) is 5. The summed E-state index contributed by atoms with van der Waals surface area (Å²) >= 11 is 0. The van der Waals surface area contributed by atoms with Crippen LogP contribution in [0.5, 0.6) is 0 Å². The smallest absolute Gasteiger partial charge is 0.317 e. The number of non-ortho nitro benzene ring substituents is 1. The highest BCUT2D eigenvalue weighted by Crippen LogP contribution is 2.30. The van der Waals surface area contributed by atoms with E-state index in [-0.39, 0.29) is 30.0 Å². The van der Waals surface area contributed by atoms with Gasteiger partial charge in [-0.15, -0.1) is 0 Å². The summed E-state index contributed by atoms with van der Waals surface area (Å²) in [5, 5.41) is 22.4. The summed E-state index contributed by atoms with van der Waals surface area (Å²) in [6, 6.07) is 3.71. The van der Waals surface area contributed by atoms with Crippen LogP contribution < -0.4 is 5.32 Å². The lowest BCUT2D eigenvalue weighted by molar-refractivity contribution is -0.385. The quantitative estimate of drug-likeness (QED) is 0.591. The fourth-order valence-electron chi connectivity index (χ4n) is 2.63. The number of hydrogen-bond donors (Lipinski definition) is 2. The molecule has 2 N–H and O–H groups in total. The Morgan fingerprint density at radius 2 is 2.23 bits per heavy atom. The third-order valence-electron chi connectivity index (χ3n) is 3.90. The minimum atomic E-state index is -0.861. The Bertz CT molecular complexity index is 575. The number of anilines is 1. The number of nitro groups is 1. The molecule has 0 heterocycles. The maximum Gasteiger partial charge on any atom is 0.317 e. The highest BCUT2D eigenvalue weighted by Gasteiger charge is 2.34. The summed E-state index contributed by atoms with van der Waals surface area (Å²) in [6.45, 7) is 2.55. The Kier molecular flexibility index (Phi) is 4.92. The topological polar surface area (TPSA) is 95.7 Å². The van der Waals surface area contributed by atoms with Gasteiger partial charge in [0.2, 0.25) is 0 Å². The molecule has 1 aliphatic rings. The fourth-order valence-corrected chi connectivity index (χ4v) is 2.63. The number of nitro benzene ring substituents is 1. The second-order valence-electron chi connectivity index (χ2n) is 5.34. The van der Waals surface area contributed by atoms with Crippen molar-refractivity contribution < 1.29 is 19.2 Å². The molecular weight excluding hydrogens is 293 g/mol. The van der Waals surface area contributed by atoms with E-state index in [1.54, 1.807) is 0 Å². The van der Waals surface area contributed by atoms with E-state index in [9.17, 15) is 19.3 Å². The number of nitrogens with zero attached hydrogens (tertiary/aromatic N) is 2.